The molecule has 0 radical (unpaired) electrons. The van der Waals surface area contributed by atoms with E-state index in [1.54, 1.807) is 0 Å². The molecular weight excluding hydrogens is 292 g/mol. The highest BCUT2D eigenvalue weighted by Crippen LogP contribution is 2.16. The molecule has 0 spiro atoms. The number of unbranched alkanes of at least 4 members (excludes halogenated alkanes) is 3. The van der Waals surface area contributed by atoms with Gasteiger partial charge in [0.2, 0.25) is 17.8 Å². The molecule has 1 heterocycles. The summed E-state index contributed by atoms with van der Waals surface area (Å²) in [7, 11) is 0. The largest absolute Gasteiger partial charge is 0.377 e. The van der Waals surface area contributed by atoms with Gasteiger partial charge in [0.15, 0.2) is 0 Å². The summed E-state index contributed by atoms with van der Waals surface area (Å²) in [6.07, 6.45) is 4.83. The van der Waals surface area contributed by atoms with Gasteiger partial charge in [0, 0.05) is 12.3 Å². The Morgan fingerprint density at radius 1 is 1.04 bits per heavy atom. The van der Waals surface area contributed by atoms with Gasteiger partial charge in [0.05, 0.1) is 6.61 Å². The van der Waals surface area contributed by atoms with Gasteiger partial charge in [-0.05, 0) is 24.1 Å². The standard InChI is InChI=1S/C16H24N6O/c1-2-3-4-5-9-23-11-12-7-6-8-13(10-12)19-16-21-14(17)20-15(18)22-16/h6-8,10H,2-5,9,11H2,1H3,(H5,17,18,19,20,21,22). The third-order valence-corrected chi connectivity index (χ3v) is 3.26. The van der Waals surface area contributed by atoms with E-state index in [4.69, 9.17) is 16.2 Å². The Kier molecular flexibility index (Phi) is 6.56. The third-order valence-electron chi connectivity index (χ3n) is 3.26. The maximum atomic E-state index is 5.70. The van der Waals surface area contributed by atoms with E-state index in [0.717, 1.165) is 24.3 Å². The summed E-state index contributed by atoms with van der Waals surface area (Å²) >= 11 is 0. The minimum Gasteiger partial charge on any atom is -0.377 e. The van der Waals surface area contributed by atoms with Crippen molar-refractivity contribution in [3.05, 3.63) is 29.8 Å². The lowest BCUT2D eigenvalue weighted by molar-refractivity contribution is 0.117. The average molecular weight is 316 g/mol. The second-order valence-electron chi connectivity index (χ2n) is 5.31. The highest BCUT2D eigenvalue weighted by atomic mass is 16.5. The second-order valence-corrected chi connectivity index (χ2v) is 5.31. The number of nitrogens with one attached hydrogen (secondary N) is 1. The predicted octanol–water partition coefficient (Wildman–Crippen LogP) is 2.88. The van der Waals surface area contributed by atoms with Crippen molar-refractivity contribution in [2.75, 3.05) is 23.4 Å². The van der Waals surface area contributed by atoms with Crippen molar-refractivity contribution in [2.45, 2.75) is 39.2 Å². The summed E-state index contributed by atoms with van der Waals surface area (Å²) in [5.74, 6) is 0.505. The molecule has 0 aliphatic carbocycles. The fraction of sp³-hybridized carbons (Fsp3) is 0.438. The maximum Gasteiger partial charge on any atom is 0.233 e. The summed E-state index contributed by atoms with van der Waals surface area (Å²) < 4.78 is 5.70. The molecule has 23 heavy (non-hydrogen) atoms. The smallest absolute Gasteiger partial charge is 0.233 e. The number of ether oxygens (including phenoxy) is 1. The zero-order chi connectivity index (χ0) is 16.5. The first-order valence-electron chi connectivity index (χ1n) is 7.88. The molecule has 0 bridgehead atoms. The van der Waals surface area contributed by atoms with Crippen LogP contribution in [0, 0.1) is 0 Å². The summed E-state index contributed by atoms with van der Waals surface area (Å²) in [4.78, 5) is 11.7. The first-order valence-corrected chi connectivity index (χ1v) is 7.88. The zero-order valence-electron chi connectivity index (χ0n) is 13.5. The minimum absolute atomic E-state index is 0.0894. The van der Waals surface area contributed by atoms with E-state index >= 15 is 0 Å². The van der Waals surface area contributed by atoms with Crippen LogP contribution in [0.2, 0.25) is 0 Å². The molecule has 0 atom stereocenters. The van der Waals surface area contributed by atoms with Crippen LogP contribution < -0.4 is 16.8 Å². The van der Waals surface area contributed by atoms with Gasteiger partial charge in [0.25, 0.3) is 0 Å². The van der Waals surface area contributed by atoms with Crippen molar-refractivity contribution in [3.63, 3.8) is 0 Å². The monoisotopic (exact) mass is 316 g/mol. The van der Waals surface area contributed by atoms with Gasteiger partial charge < -0.3 is 21.5 Å². The number of aromatic nitrogens is 3. The molecule has 5 N–H and O–H groups in total. The Labute approximate surface area is 136 Å². The Morgan fingerprint density at radius 2 is 1.83 bits per heavy atom. The van der Waals surface area contributed by atoms with Crippen molar-refractivity contribution in [3.8, 4) is 0 Å². The summed E-state index contributed by atoms with van der Waals surface area (Å²) in [5, 5.41) is 3.07. The number of anilines is 4. The number of benzene rings is 1. The van der Waals surface area contributed by atoms with E-state index in [1.807, 2.05) is 24.3 Å². The van der Waals surface area contributed by atoms with Crippen LogP contribution >= 0.6 is 0 Å². The Hall–Kier alpha value is -2.41. The molecule has 0 unspecified atom stereocenters. The van der Waals surface area contributed by atoms with Gasteiger partial charge in [-0.25, -0.2) is 0 Å². The van der Waals surface area contributed by atoms with Crippen molar-refractivity contribution >= 4 is 23.5 Å². The van der Waals surface area contributed by atoms with Gasteiger partial charge in [-0.3, -0.25) is 0 Å². The molecule has 0 aliphatic rings. The second kappa shape index (κ2) is 8.89. The number of nitrogens with zero attached hydrogens (tertiary/aromatic N) is 3. The van der Waals surface area contributed by atoms with E-state index < -0.39 is 0 Å². The van der Waals surface area contributed by atoms with Gasteiger partial charge in [0.1, 0.15) is 0 Å². The number of hydrogen-bond donors (Lipinski definition) is 3. The third kappa shape index (κ3) is 6.07. The Morgan fingerprint density at radius 3 is 2.57 bits per heavy atom. The van der Waals surface area contributed by atoms with E-state index in [9.17, 15) is 0 Å². The molecule has 7 heteroatoms. The van der Waals surface area contributed by atoms with Gasteiger partial charge >= 0.3 is 0 Å². The lowest BCUT2D eigenvalue weighted by Crippen LogP contribution is -2.06. The van der Waals surface area contributed by atoms with Crippen LogP contribution in [-0.4, -0.2) is 21.6 Å². The number of hydrogen-bond acceptors (Lipinski definition) is 7. The van der Waals surface area contributed by atoms with Crippen LogP contribution in [0.15, 0.2) is 24.3 Å². The van der Waals surface area contributed by atoms with Crippen LogP contribution in [-0.2, 0) is 11.3 Å². The number of nitrogen functional groups attached to an aromatic ring is 2. The molecule has 2 aromatic rings. The van der Waals surface area contributed by atoms with E-state index in [0.29, 0.717) is 12.6 Å². The maximum absolute atomic E-state index is 5.70. The van der Waals surface area contributed by atoms with Crippen LogP contribution in [0.3, 0.4) is 0 Å². The predicted molar refractivity (Wildman–Crippen MR) is 92.2 cm³/mol. The molecular formula is C16H24N6O. The van der Waals surface area contributed by atoms with Crippen molar-refractivity contribution in [1.29, 1.82) is 0 Å². The molecule has 1 aromatic heterocycles. The van der Waals surface area contributed by atoms with Crippen LogP contribution in [0.1, 0.15) is 38.2 Å². The van der Waals surface area contributed by atoms with Crippen molar-refractivity contribution in [2.24, 2.45) is 0 Å². The molecule has 0 saturated carbocycles. The summed E-state index contributed by atoms with van der Waals surface area (Å²) in [6.45, 7) is 3.58. The zero-order valence-corrected chi connectivity index (χ0v) is 13.5. The quantitative estimate of drug-likeness (QED) is 0.610. The van der Waals surface area contributed by atoms with Gasteiger partial charge in [-0.2, -0.15) is 15.0 Å². The van der Waals surface area contributed by atoms with Crippen LogP contribution in [0.25, 0.3) is 0 Å². The lowest BCUT2D eigenvalue weighted by atomic mass is 10.2. The normalized spacial score (nSPS) is 10.7. The molecule has 1 aromatic carbocycles. The highest BCUT2D eigenvalue weighted by molar-refractivity contribution is 5.55. The molecule has 0 aliphatic heterocycles. The lowest BCUT2D eigenvalue weighted by Gasteiger charge is -2.08. The number of nitrogens with two attached hydrogens (primary N) is 2. The van der Waals surface area contributed by atoms with E-state index in [1.165, 1.54) is 19.3 Å². The minimum atomic E-state index is 0.0894. The van der Waals surface area contributed by atoms with Gasteiger partial charge in [-0.15, -0.1) is 0 Å². The first-order chi connectivity index (χ1) is 11.2. The van der Waals surface area contributed by atoms with Crippen molar-refractivity contribution < 1.29 is 4.74 Å². The molecule has 124 valence electrons. The van der Waals surface area contributed by atoms with E-state index in [2.05, 4.69) is 27.2 Å². The van der Waals surface area contributed by atoms with Crippen molar-refractivity contribution in [1.82, 2.24) is 15.0 Å². The molecule has 0 fully saturated rings. The Balaban J connectivity index is 1.86. The molecule has 0 saturated heterocycles. The van der Waals surface area contributed by atoms with Crippen LogP contribution in [0.5, 0.6) is 0 Å². The molecule has 2 rings (SSSR count). The first kappa shape index (κ1) is 17.0. The van der Waals surface area contributed by atoms with Gasteiger partial charge in [-0.1, -0.05) is 38.3 Å². The van der Waals surface area contributed by atoms with Crippen LogP contribution in [0.4, 0.5) is 23.5 Å². The highest BCUT2D eigenvalue weighted by Gasteiger charge is 2.03. The molecule has 7 nitrogen and oxygen atoms in total. The average Bonchev–Trinajstić information content (AvgIpc) is 2.50. The fourth-order valence-electron chi connectivity index (χ4n) is 2.15. The fourth-order valence-corrected chi connectivity index (χ4v) is 2.15. The molecule has 0 amide bonds. The summed E-state index contributed by atoms with van der Waals surface area (Å²) in [6, 6.07) is 7.88. The topological polar surface area (TPSA) is 112 Å². The van der Waals surface area contributed by atoms with E-state index in [-0.39, 0.29) is 11.9 Å². The number of rotatable bonds is 9. The Bertz CT molecular complexity index is 599. The summed E-state index contributed by atoms with van der Waals surface area (Å²) in [5.41, 5.74) is 13.0. The SMILES string of the molecule is CCCCCCOCc1cccc(Nc2nc(N)nc(N)n2)c1.